The minimum Gasteiger partial charge on any atom is -0.396 e. The van der Waals surface area contributed by atoms with E-state index in [0.717, 1.165) is 16.8 Å². The van der Waals surface area contributed by atoms with Crippen LogP contribution in [0.3, 0.4) is 0 Å². The van der Waals surface area contributed by atoms with Crippen molar-refractivity contribution in [2.75, 3.05) is 18.1 Å². The lowest BCUT2D eigenvalue weighted by Gasteiger charge is -2.09. The van der Waals surface area contributed by atoms with E-state index in [1.807, 2.05) is 0 Å². The number of nitrogens with zero attached hydrogens (tertiary/aromatic N) is 2. The van der Waals surface area contributed by atoms with Crippen molar-refractivity contribution in [1.29, 1.82) is 0 Å². The van der Waals surface area contributed by atoms with Gasteiger partial charge < -0.3 is 16.6 Å². The molecule has 0 atom stereocenters. The molecule has 2 rings (SSSR count). The van der Waals surface area contributed by atoms with Crippen molar-refractivity contribution in [1.82, 2.24) is 9.78 Å². The molecule has 0 fully saturated rings. The molecule has 5 N–H and O–H groups in total. The molecular formula is C12H13F3N4O. The summed E-state index contributed by atoms with van der Waals surface area (Å²) in [5.74, 6) is 0.213. The number of nitrogens with two attached hydrogens (primary N) is 2. The SMILES string of the molecule is Nc1nn(-c2cccc(C(F)(F)F)c2)c(N)c1CCO. The molecule has 0 saturated heterocycles. The molecule has 0 bridgehead atoms. The van der Waals surface area contributed by atoms with Crippen molar-refractivity contribution in [3.63, 3.8) is 0 Å². The summed E-state index contributed by atoms with van der Waals surface area (Å²) in [6.07, 6.45) is -4.26. The van der Waals surface area contributed by atoms with Gasteiger partial charge in [-0.3, -0.25) is 0 Å². The Bertz CT molecular complexity index is 622. The van der Waals surface area contributed by atoms with Gasteiger partial charge >= 0.3 is 6.18 Å². The third-order valence-electron chi connectivity index (χ3n) is 2.83. The molecule has 0 radical (unpaired) electrons. The van der Waals surface area contributed by atoms with E-state index < -0.39 is 11.7 Å². The van der Waals surface area contributed by atoms with Crippen LogP contribution in [0.2, 0.25) is 0 Å². The van der Waals surface area contributed by atoms with Crippen molar-refractivity contribution in [2.45, 2.75) is 12.6 Å². The Balaban J connectivity index is 2.50. The van der Waals surface area contributed by atoms with Gasteiger partial charge in [-0.05, 0) is 18.2 Å². The van der Waals surface area contributed by atoms with E-state index in [9.17, 15) is 13.2 Å². The molecule has 2 aromatic rings. The highest BCUT2D eigenvalue weighted by Gasteiger charge is 2.30. The van der Waals surface area contributed by atoms with Gasteiger partial charge in [0.1, 0.15) is 5.82 Å². The molecular weight excluding hydrogens is 273 g/mol. The topological polar surface area (TPSA) is 90.1 Å². The van der Waals surface area contributed by atoms with E-state index in [1.165, 1.54) is 12.1 Å². The number of aliphatic hydroxyl groups is 1. The number of rotatable bonds is 3. The van der Waals surface area contributed by atoms with Crippen molar-refractivity contribution in [3.8, 4) is 5.69 Å². The Hall–Kier alpha value is -2.22. The zero-order chi connectivity index (χ0) is 14.9. The number of aliphatic hydroxyl groups excluding tert-OH is 1. The third kappa shape index (κ3) is 2.55. The van der Waals surface area contributed by atoms with Gasteiger partial charge in [0.2, 0.25) is 0 Å². The lowest BCUT2D eigenvalue weighted by Crippen LogP contribution is -2.08. The first-order valence-electron chi connectivity index (χ1n) is 5.76. The van der Waals surface area contributed by atoms with Gasteiger partial charge in [-0.1, -0.05) is 6.07 Å². The minimum atomic E-state index is -4.45. The van der Waals surface area contributed by atoms with Gasteiger partial charge in [0, 0.05) is 18.6 Å². The summed E-state index contributed by atoms with van der Waals surface area (Å²) >= 11 is 0. The van der Waals surface area contributed by atoms with Crippen LogP contribution < -0.4 is 11.5 Å². The molecule has 108 valence electrons. The van der Waals surface area contributed by atoms with E-state index in [2.05, 4.69) is 5.10 Å². The number of nitrogen functional groups attached to an aromatic ring is 2. The maximum atomic E-state index is 12.7. The number of hydrogen-bond donors (Lipinski definition) is 3. The summed E-state index contributed by atoms with van der Waals surface area (Å²) < 4.78 is 39.1. The zero-order valence-electron chi connectivity index (χ0n) is 10.4. The van der Waals surface area contributed by atoms with Crippen LogP contribution in [-0.2, 0) is 12.6 Å². The molecule has 1 aromatic heterocycles. The Morgan fingerprint density at radius 3 is 2.55 bits per heavy atom. The van der Waals surface area contributed by atoms with Gasteiger partial charge in [0.25, 0.3) is 0 Å². The molecule has 0 amide bonds. The molecule has 0 aliphatic carbocycles. The van der Waals surface area contributed by atoms with Crippen LogP contribution in [0, 0.1) is 0 Å². The molecule has 1 aromatic carbocycles. The number of hydrogen-bond acceptors (Lipinski definition) is 4. The third-order valence-corrected chi connectivity index (χ3v) is 2.83. The molecule has 20 heavy (non-hydrogen) atoms. The van der Waals surface area contributed by atoms with Gasteiger partial charge in [0.05, 0.1) is 11.3 Å². The van der Waals surface area contributed by atoms with E-state index in [-0.39, 0.29) is 30.4 Å². The second kappa shape index (κ2) is 5.04. The fourth-order valence-electron chi connectivity index (χ4n) is 1.86. The maximum absolute atomic E-state index is 12.7. The molecule has 8 heteroatoms. The summed E-state index contributed by atoms with van der Waals surface area (Å²) in [4.78, 5) is 0. The summed E-state index contributed by atoms with van der Waals surface area (Å²) in [5, 5.41) is 12.8. The van der Waals surface area contributed by atoms with Crippen LogP contribution in [0.5, 0.6) is 0 Å². The predicted molar refractivity (Wildman–Crippen MR) is 68.2 cm³/mol. The number of aromatic nitrogens is 2. The number of alkyl halides is 3. The lowest BCUT2D eigenvalue weighted by molar-refractivity contribution is -0.137. The molecule has 0 aliphatic heterocycles. The highest BCUT2D eigenvalue weighted by molar-refractivity contribution is 5.58. The number of halogens is 3. The van der Waals surface area contributed by atoms with Crippen LogP contribution >= 0.6 is 0 Å². The van der Waals surface area contributed by atoms with E-state index in [1.54, 1.807) is 0 Å². The smallest absolute Gasteiger partial charge is 0.396 e. The van der Waals surface area contributed by atoms with Crippen LogP contribution in [0.4, 0.5) is 24.8 Å². The van der Waals surface area contributed by atoms with Crippen LogP contribution in [-0.4, -0.2) is 21.5 Å². The fraction of sp³-hybridized carbons (Fsp3) is 0.250. The molecule has 0 spiro atoms. The van der Waals surface area contributed by atoms with E-state index in [0.29, 0.717) is 5.56 Å². The molecule has 5 nitrogen and oxygen atoms in total. The van der Waals surface area contributed by atoms with E-state index in [4.69, 9.17) is 16.6 Å². The quantitative estimate of drug-likeness (QED) is 0.799. The average molecular weight is 286 g/mol. The van der Waals surface area contributed by atoms with Crippen molar-refractivity contribution >= 4 is 11.6 Å². The zero-order valence-corrected chi connectivity index (χ0v) is 10.4. The predicted octanol–water partition coefficient (Wildman–Crippen LogP) is 1.59. The maximum Gasteiger partial charge on any atom is 0.416 e. The van der Waals surface area contributed by atoms with Crippen LogP contribution in [0.1, 0.15) is 11.1 Å². The first-order chi connectivity index (χ1) is 9.34. The largest absolute Gasteiger partial charge is 0.416 e. The van der Waals surface area contributed by atoms with Crippen molar-refractivity contribution in [3.05, 3.63) is 35.4 Å². The van der Waals surface area contributed by atoms with Gasteiger partial charge in [0.15, 0.2) is 5.82 Å². The summed E-state index contributed by atoms with van der Waals surface area (Å²) in [7, 11) is 0. The molecule has 1 heterocycles. The fourth-order valence-corrected chi connectivity index (χ4v) is 1.86. The second-order valence-corrected chi connectivity index (χ2v) is 4.18. The number of anilines is 2. The molecule has 0 saturated carbocycles. The summed E-state index contributed by atoms with van der Waals surface area (Å²) in [6, 6.07) is 4.61. The van der Waals surface area contributed by atoms with Gasteiger partial charge in [-0.2, -0.15) is 13.2 Å². The molecule has 0 aliphatic rings. The van der Waals surface area contributed by atoms with Crippen LogP contribution in [0.15, 0.2) is 24.3 Å². The van der Waals surface area contributed by atoms with Crippen LogP contribution in [0.25, 0.3) is 5.69 Å². The first-order valence-corrected chi connectivity index (χ1v) is 5.76. The Morgan fingerprint density at radius 2 is 1.95 bits per heavy atom. The Morgan fingerprint density at radius 1 is 1.25 bits per heavy atom. The minimum absolute atomic E-state index is 0.0916. The molecule has 0 unspecified atom stereocenters. The Kier molecular flexibility index (Phi) is 3.58. The first kappa shape index (κ1) is 14.2. The normalized spacial score (nSPS) is 11.8. The lowest BCUT2D eigenvalue weighted by atomic mass is 10.2. The highest BCUT2D eigenvalue weighted by atomic mass is 19.4. The second-order valence-electron chi connectivity index (χ2n) is 4.18. The summed E-state index contributed by atoms with van der Waals surface area (Å²) in [6.45, 7) is -0.178. The average Bonchev–Trinajstić information content (AvgIpc) is 2.66. The van der Waals surface area contributed by atoms with Crippen molar-refractivity contribution < 1.29 is 18.3 Å². The Labute approximate surface area is 112 Å². The monoisotopic (exact) mass is 286 g/mol. The standard InChI is InChI=1S/C12H13F3N4O/c13-12(14,15)7-2-1-3-8(6-7)19-11(17)9(4-5-20)10(16)18-19/h1-3,6,20H,4-5,17H2,(H2,16,18). The van der Waals surface area contributed by atoms with E-state index >= 15 is 0 Å². The summed E-state index contributed by atoms with van der Waals surface area (Å²) in [5.41, 5.74) is 11.2. The van der Waals surface area contributed by atoms with Gasteiger partial charge in [-0.15, -0.1) is 5.10 Å². The highest BCUT2D eigenvalue weighted by Crippen LogP contribution is 2.31. The number of benzene rings is 1. The van der Waals surface area contributed by atoms with Crippen molar-refractivity contribution in [2.24, 2.45) is 0 Å². The van der Waals surface area contributed by atoms with Gasteiger partial charge in [-0.25, -0.2) is 4.68 Å².